The zero-order valence-corrected chi connectivity index (χ0v) is 13.2. The minimum absolute atomic E-state index is 0.0768. The molecule has 4 heterocycles. The quantitative estimate of drug-likeness (QED) is 0.777. The van der Waals surface area contributed by atoms with Crippen LogP contribution in [0.2, 0.25) is 0 Å². The average molecular weight is 328 g/mol. The summed E-state index contributed by atoms with van der Waals surface area (Å²) in [6, 6.07) is 4.10. The van der Waals surface area contributed by atoms with Crippen molar-refractivity contribution in [3.8, 4) is 0 Å². The SMILES string of the molecule is O=C(Cc1cccs1)NC1CCN(c2nccn3cnnc23)C1. The summed E-state index contributed by atoms with van der Waals surface area (Å²) < 4.78 is 1.85. The van der Waals surface area contributed by atoms with Crippen LogP contribution >= 0.6 is 11.3 Å². The first-order valence-corrected chi connectivity index (χ1v) is 8.38. The molecule has 23 heavy (non-hydrogen) atoms. The molecule has 0 spiro atoms. The minimum atomic E-state index is 0.0768. The van der Waals surface area contributed by atoms with Crippen molar-refractivity contribution in [2.75, 3.05) is 18.0 Å². The summed E-state index contributed by atoms with van der Waals surface area (Å²) in [5, 5.41) is 13.1. The fraction of sp³-hybridized carbons (Fsp3) is 0.333. The van der Waals surface area contributed by atoms with Crippen LogP contribution in [0.4, 0.5) is 5.82 Å². The lowest BCUT2D eigenvalue weighted by Crippen LogP contribution is -2.38. The topological polar surface area (TPSA) is 75.4 Å². The van der Waals surface area contributed by atoms with Gasteiger partial charge in [-0.25, -0.2) is 4.98 Å². The Balaban J connectivity index is 1.41. The molecule has 118 valence electrons. The van der Waals surface area contributed by atoms with E-state index < -0.39 is 0 Å². The van der Waals surface area contributed by atoms with Crippen molar-refractivity contribution < 1.29 is 4.79 Å². The molecule has 1 aliphatic rings. The van der Waals surface area contributed by atoms with Crippen molar-refractivity contribution in [3.05, 3.63) is 41.1 Å². The Bertz CT molecular complexity index is 814. The summed E-state index contributed by atoms with van der Waals surface area (Å²) >= 11 is 1.61. The number of hydrogen-bond acceptors (Lipinski definition) is 6. The van der Waals surface area contributed by atoms with Gasteiger partial charge in [-0.15, -0.1) is 21.5 Å². The van der Waals surface area contributed by atoms with Gasteiger partial charge in [0.1, 0.15) is 6.33 Å². The molecule has 0 bridgehead atoms. The second-order valence-corrected chi connectivity index (χ2v) is 6.60. The highest BCUT2D eigenvalue weighted by Gasteiger charge is 2.26. The van der Waals surface area contributed by atoms with E-state index in [1.54, 1.807) is 23.9 Å². The predicted molar refractivity (Wildman–Crippen MR) is 87.6 cm³/mol. The predicted octanol–water partition coefficient (Wildman–Crippen LogP) is 1.12. The van der Waals surface area contributed by atoms with Crippen molar-refractivity contribution in [3.63, 3.8) is 0 Å². The molecule has 1 unspecified atom stereocenters. The number of rotatable bonds is 4. The molecule has 1 aliphatic heterocycles. The highest BCUT2D eigenvalue weighted by Crippen LogP contribution is 2.21. The van der Waals surface area contributed by atoms with Crippen molar-refractivity contribution >= 4 is 28.7 Å². The van der Waals surface area contributed by atoms with Gasteiger partial charge in [0.15, 0.2) is 5.82 Å². The summed E-state index contributed by atoms with van der Waals surface area (Å²) in [7, 11) is 0. The van der Waals surface area contributed by atoms with Crippen LogP contribution in [0.15, 0.2) is 36.2 Å². The van der Waals surface area contributed by atoms with Crippen LogP contribution in [0.1, 0.15) is 11.3 Å². The Morgan fingerprint density at radius 1 is 1.48 bits per heavy atom. The average Bonchev–Trinajstić information content (AvgIpc) is 3.27. The van der Waals surface area contributed by atoms with Crippen LogP contribution < -0.4 is 10.2 Å². The van der Waals surface area contributed by atoms with E-state index in [4.69, 9.17) is 0 Å². The van der Waals surface area contributed by atoms with E-state index in [1.165, 1.54) is 0 Å². The molecule has 7 nitrogen and oxygen atoms in total. The molecule has 4 rings (SSSR count). The molecule has 1 fully saturated rings. The summed E-state index contributed by atoms with van der Waals surface area (Å²) in [4.78, 5) is 19.8. The lowest BCUT2D eigenvalue weighted by molar-refractivity contribution is -0.120. The lowest BCUT2D eigenvalue weighted by Gasteiger charge is -2.18. The summed E-state index contributed by atoms with van der Waals surface area (Å²) in [6.45, 7) is 1.60. The normalized spacial score (nSPS) is 17.7. The maximum Gasteiger partial charge on any atom is 0.225 e. The molecule has 0 aliphatic carbocycles. The molecule has 3 aromatic rings. The first-order valence-electron chi connectivity index (χ1n) is 7.50. The summed E-state index contributed by atoms with van der Waals surface area (Å²) in [5.41, 5.74) is 0.748. The number of amides is 1. The van der Waals surface area contributed by atoms with Gasteiger partial charge >= 0.3 is 0 Å². The fourth-order valence-electron chi connectivity index (χ4n) is 2.89. The van der Waals surface area contributed by atoms with Gasteiger partial charge in [0, 0.05) is 36.4 Å². The van der Waals surface area contributed by atoms with Crippen LogP contribution in [0.3, 0.4) is 0 Å². The maximum atomic E-state index is 12.1. The molecule has 1 amide bonds. The third kappa shape index (κ3) is 2.89. The summed E-state index contributed by atoms with van der Waals surface area (Å²) in [5.74, 6) is 0.896. The van der Waals surface area contributed by atoms with Crippen LogP contribution in [0.25, 0.3) is 5.65 Å². The highest BCUT2D eigenvalue weighted by molar-refractivity contribution is 7.10. The summed E-state index contributed by atoms with van der Waals surface area (Å²) in [6.07, 6.45) is 6.60. The first kappa shape index (κ1) is 14.1. The fourth-order valence-corrected chi connectivity index (χ4v) is 3.59. The van der Waals surface area contributed by atoms with Crippen LogP contribution in [-0.2, 0) is 11.2 Å². The Hall–Kier alpha value is -2.48. The van der Waals surface area contributed by atoms with Gasteiger partial charge in [-0.2, -0.15) is 0 Å². The highest BCUT2D eigenvalue weighted by atomic mass is 32.1. The van der Waals surface area contributed by atoms with Crippen LogP contribution in [-0.4, -0.2) is 44.6 Å². The van der Waals surface area contributed by atoms with E-state index in [-0.39, 0.29) is 11.9 Å². The first-order chi connectivity index (χ1) is 11.3. The van der Waals surface area contributed by atoms with E-state index in [9.17, 15) is 4.79 Å². The second-order valence-electron chi connectivity index (χ2n) is 5.57. The van der Waals surface area contributed by atoms with Gasteiger partial charge in [0.2, 0.25) is 11.6 Å². The van der Waals surface area contributed by atoms with E-state index in [1.807, 2.05) is 28.1 Å². The molecule has 3 aromatic heterocycles. The number of fused-ring (bicyclic) bond motifs is 1. The molecular weight excluding hydrogens is 312 g/mol. The Morgan fingerprint density at radius 2 is 2.43 bits per heavy atom. The molecule has 1 saturated heterocycles. The van der Waals surface area contributed by atoms with Crippen LogP contribution in [0.5, 0.6) is 0 Å². The number of thiophene rings is 1. The lowest BCUT2D eigenvalue weighted by atomic mass is 10.2. The number of hydrogen-bond donors (Lipinski definition) is 1. The Kier molecular flexibility index (Phi) is 3.66. The maximum absolute atomic E-state index is 12.1. The van der Waals surface area contributed by atoms with E-state index in [2.05, 4.69) is 25.4 Å². The smallest absolute Gasteiger partial charge is 0.225 e. The Labute approximate surface area is 137 Å². The van der Waals surface area contributed by atoms with Crippen molar-refractivity contribution in [2.45, 2.75) is 18.9 Å². The minimum Gasteiger partial charge on any atom is -0.351 e. The number of carbonyl (C=O) groups is 1. The molecule has 1 atom stereocenters. The zero-order chi connectivity index (χ0) is 15.6. The molecule has 0 saturated carbocycles. The third-order valence-corrected chi connectivity index (χ3v) is 4.84. The number of aromatic nitrogens is 4. The van der Waals surface area contributed by atoms with E-state index >= 15 is 0 Å². The number of nitrogens with one attached hydrogen (secondary N) is 1. The van der Waals surface area contributed by atoms with E-state index in [0.29, 0.717) is 6.42 Å². The van der Waals surface area contributed by atoms with Crippen LogP contribution in [0, 0.1) is 0 Å². The van der Waals surface area contributed by atoms with Crippen molar-refractivity contribution in [1.82, 2.24) is 24.9 Å². The molecule has 1 N–H and O–H groups in total. The van der Waals surface area contributed by atoms with Gasteiger partial charge < -0.3 is 10.2 Å². The van der Waals surface area contributed by atoms with Gasteiger partial charge in [-0.05, 0) is 17.9 Å². The standard InChI is InChI=1S/C15H16N6OS/c22-13(8-12-2-1-7-23-12)18-11-3-5-20(9-11)14-15-19-17-10-21(15)6-4-16-14/h1-2,4,6-7,10-11H,3,5,8-9H2,(H,18,22). The molecule has 0 aromatic carbocycles. The zero-order valence-electron chi connectivity index (χ0n) is 12.4. The largest absolute Gasteiger partial charge is 0.351 e. The number of nitrogens with zero attached hydrogens (tertiary/aromatic N) is 5. The second kappa shape index (κ2) is 5.96. The van der Waals surface area contributed by atoms with Gasteiger partial charge in [0.05, 0.1) is 6.42 Å². The van der Waals surface area contributed by atoms with Gasteiger partial charge in [0.25, 0.3) is 0 Å². The van der Waals surface area contributed by atoms with Crippen molar-refractivity contribution in [1.29, 1.82) is 0 Å². The van der Waals surface area contributed by atoms with Gasteiger partial charge in [-0.1, -0.05) is 6.07 Å². The molecular formula is C15H16N6OS. The monoisotopic (exact) mass is 328 g/mol. The molecule has 0 radical (unpaired) electrons. The number of anilines is 1. The number of carbonyl (C=O) groups excluding carboxylic acids is 1. The molecule has 8 heteroatoms. The van der Waals surface area contributed by atoms with Crippen molar-refractivity contribution in [2.24, 2.45) is 0 Å². The van der Waals surface area contributed by atoms with Gasteiger partial charge in [-0.3, -0.25) is 9.20 Å². The Morgan fingerprint density at radius 3 is 3.30 bits per heavy atom. The third-order valence-electron chi connectivity index (χ3n) is 3.96. The van der Waals surface area contributed by atoms with E-state index in [0.717, 1.165) is 35.9 Å².